The fourth-order valence-corrected chi connectivity index (χ4v) is 2.97. The summed E-state index contributed by atoms with van der Waals surface area (Å²) in [6, 6.07) is 11.1. The Kier molecular flexibility index (Phi) is 4.13. The van der Waals surface area contributed by atoms with Crippen molar-refractivity contribution < 1.29 is 4.42 Å². The molecule has 0 aliphatic heterocycles. The first-order chi connectivity index (χ1) is 9.78. The SMILES string of the molecule is NCCc1cc(Br)ccc1N(Cc1ccco1)C1CC1. The van der Waals surface area contributed by atoms with Gasteiger partial charge in [0.2, 0.25) is 0 Å². The molecule has 1 heterocycles. The number of anilines is 1. The quantitative estimate of drug-likeness (QED) is 0.875. The van der Waals surface area contributed by atoms with Crippen LogP contribution in [0.15, 0.2) is 45.5 Å². The van der Waals surface area contributed by atoms with Crippen LogP contribution in [0, 0.1) is 0 Å². The van der Waals surface area contributed by atoms with Crippen molar-refractivity contribution in [2.24, 2.45) is 5.73 Å². The molecule has 106 valence electrons. The maximum atomic E-state index is 5.76. The third kappa shape index (κ3) is 3.07. The molecule has 1 aromatic heterocycles. The van der Waals surface area contributed by atoms with Gasteiger partial charge < -0.3 is 15.1 Å². The molecule has 1 aliphatic rings. The van der Waals surface area contributed by atoms with E-state index in [-0.39, 0.29) is 0 Å². The number of hydrogen-bond donors (Lipinski definition) is 1. The molecule has 0 saturated heterocycles. The van der Waals surface area contributed by atoms with Gasteiger partial charge in [0.15, 0.2) is 0 Å². The van der Waals surface area contributed by atoms with Crippen molar-refractivity contribution in [3.63, 3.8) is 0 Å². The lowest BCUT2D eigenvalue weighted by Gasteiger charge is -2.26. The molecule has 0 amide bonds. The van der Waals surface area contributed by atoms with Crippen LogP contribution in [0.4, 0.5) is 5.69 Å². The number of rotatable bonds is 6. The van der Waals surface area contributed by atoms with E-state index < -0.39 is 0 Å². The summed E-state index contributed by atoms with van der Waals surface area (Å²) in [6.07, 6.45) is 5.16. The van der Waals surface area contributed by atoms with Crippen LogP contribution in [-0.4, -0.2) is 12.6 Å². The van der Waals surface area contributed by atoms with Gasteiger partial charge in [-0.1, -0.05) is 15.9 Å². The predicted molar refractivity (Wildman–Crippen MR) is 84.8 cm³/mol. The van der Waals surface area contributed by atoms with Crippen molar-refractivity contribution in [1.82, 2.24) is 0 Å². The van der Waals surface area contributed by atoms with E-state index in [2.05, 4.69) is 39.0 Å². The number of nitrogens with zero attached hydrogens (tertiary/aromatic N) is 1. The normalized spacial score (nSPS) is 14.5. The minimum absolute atomic E-state index is 0.637. The zero-order valence-electron chi connectivity index (χ0n) is 11.4. The standard InChI is InChI=1S/C16H19BrN2O/c17-13-3-6-16(12(10-13)7-8-18)19(14-4-5-14)11-15-2-1-9-20-15/h1-3,6,9-10,14H,4-5,7-8,11,18H2. The molecule has 1 saturated carbocycles. The molecule has 2 aromatic rings. The number of halogens is 1. The molecule has 3 rings (SSSR count). The van der Waals surface area contributed by atoms with Crippen LogP contribution >= 0.6 is 15.9 Å². The molecule has 1 aromatic carbocycles. The minimum atomic E-state index is 0.637. The first-order valence-corrected chi connectivity index (χ1v) is 7.85. The summed E-state index contributed by atoms with van der Waals surface area (Å²) >= 11 is 3.55. The molecule has 1 fully saturated rings. The van der Waals surface area contributed by atoms with Gasteiger partial charge in [0, 0.05) is 16.2 Å². The van der Waals surface area contributed by atoms with E-state index in [0.717, 1.165) is 23.2 Å². The van der Waals surface area contributed by atoms with E-state index in [4.69, 9.17) is 10.2 Å². The van der Waals surface area contributed by atoms with Crippen LogP contribution in [0.3, 0.4) is 0 Å². The Bertz CT molecular complexity index is 564. The highest BCUT2D eigenvalue weighted by Crippen LogP contribution is 2.36. The molecule has 0 spiro atoms. The summed E-state index contributed by atoms with van der Waals surface area (Å²) in [5.74, 6) is 1.01. The molecule has 2 N–H and O–H groups in total. The van der Waals surface area contributed by atoms with E-state index in [1.165, 1.54) is 24.1 Å². The van der Waals surface area contributed by atoms with E-state index in [0.29, 0.717) is 12.6 Å². The van der Waals surface area contributed by atoms with Crippen LogP contribution in [0.2, 0.25) is 0 Å². The minimum Gasteiger partial charge on any atom is -0.467 e. The Morgan fingerprint density at radius 3 is 2.80 bits per heavy atom. The number of nitrogens with two attached hydrogens (primary N) is 1. The van der Waals surface area contributed by atoms with Crippen molar-refractivity contribution in [3.8, 4) is 0 Å². The second-order valence-electron chi connectivity index (χ2n) is 5.25. The summed E-state index contributed by atoms with van der Waals surface area (Å²) < 4.78 is 6.62. The smallest absolute Gasteiger partial charge is 0.123 e. The van der Waals surface area contributed by atoms with Crippen molar-refractivity contribution in [3.05, 3.63) is 52.4 Å². The predicted octanol–water partition coefficient (Wildman–Crippen LogP) is 3.71. The van der Waals surface area contributed by atoms with E-state index in [9.17, 15) is 0 Å². The molecule has 0 unspecified atom stereocenters. The second kappa shape index (κ2) is 6.02. The summed E-state index contributed by atoms with van der Waals surface area (Å²) in [5.41, 5.74) is 8.35. The highest BCUT2D eigenvalue weighted by Gasteiger charge is 2.30. The average Bonchev–Trinajstić information content (AvgIpc) is 3.15. The van der Waals surface area contributed by atoms with Gasteiger partial charge in [0.25, 0.3) is 0 Å². The average molecular weight is 335 g/mol. The zero-order valence-corrected chi connectivity index (χ0v) is 13.0. The summed E-state index contributed by atoms with van der Waals surface area (Å²) in [4.78, 5) is 2.45. The molecular formula is C16H19BrN2O. The first kappa shape index (κ1) is 13.7. The van der Waals surface area contributed by atoms with Gasteiger partial charge in [-0.2, -0.15) is 0 Å². The highest BCUT2D eigenvalue weighted by molar-refractivity contribution is 9.10. The van der Waals surface area contributed by atoms with Crippen LogP contribution in [0.25, 0.3) is 0 Å². The van der Waals surface area contributed by atoms with E-state index in [1.807, 2.05) is 12.1 Å². The number of hydrogen-bond acceptors (Lipinski definition) is 3. The number of benzene rings is 1. The van der Waals surface area contributed by atoms with Gasteiger partial charge in [-0.15, -0.1) is 0 Å². The molecule has 0 atom stereocenters. The largest absolute Gasteiger partial charge is 0.467 e. The third-order valence-electron chi connectivity index (χ3n) is 3.66. The summed E-state index contributed by atoms with van der Waals surface area (Å²) in [5, 5.41) is 0. The van der Waals surface area contributed by atoms with Crippen LogP contribution < -0.4 is 10.6 Å². The topological polar surface area (TPSA) is 42.4 Å². The molecule has 3 nitrogen and oxygen atoms in total. The van der Waals surface area contributed by atoms with Gasteiger partial charge in [0.05, 0.1) is 12.8 Å². The third-order valence-corrected chi connectivity index (χ3v) is 4.15. The molecule has 1 aliphatic carbocycles. The molecule has 20 heavy (non-hydrogen) atoms. The summed E-state index contributed by atoms with van der Waals surface area (Å²) in [6.45, 7) is 1.50. The lowest BCUT2D eigenvalue weighted by atomic mass is 10.1. The van der Waals surface area contributed by atoms with Crippen LogP contribution in [-0.2, 0) is 13.0 Å². The maximum absolute atomic E-state index is 5.76. The monoisotopic (exact) mass is 334 g/mol. The zero-order chi connectivity index (χ0) is 13.9. The Morgan fingerprint density at radius 2 is 2.15 bits per heavy atom. The van der Waals surface area contributed by atoms with E-state index >= 15 is 0 Å². The van der Waals surface area contributed by atoms with Crippen molar-refractivity contribution in [1.29, 1.82) is 0 Å². The Morgan fingerprint density at radius 1 is 1.30 bits per heavy atom. The van der Waals surface area contributed by atoms with Gasteiger partial charge in [-0.3, -0.25) is 0 Å². The Labute approximate surface area is 127 Å². The second-order valence-corrected chi connectivity index (χ2v) is 6.17. The maximum Gasteiger partial charge on any atom is 0.123 e. The van der Waals surface area contributed by atoms with Gasteiger partial charge >= 0.3 is 0 Å². The lowest BCUT2D eigenvalue weighted by Crippen LogP contribution is -2.26. The van der Waals surface area contributed by atoms with Crippen LogP contribution in [0.5, 0.6) is 0 Å². The molecular weight excluding hydrogens is 316 g/mol. The molecule has 0 radical (unpaired) electrons. The molecule has 4 heteroatoms. The number of furan rings is 1. The fraction of sp³-hybridized carbons (Fsp3) is 0.375. The van der Waals surface area contributed by atoms with Crippen molar-refractivity contribution >= 4 is 21.6 Å². The van der Waals surface area contributed by atoms with Gasteiger partial charge in [0.1, 0.15) is 5.76 Å². The lowest BCUT2D eigenvalue weighted by molar-refractivity contribution is 0.501. The van der Waals surface area contributed by atoms with Crippen molar-refractivity contribution in [2.45, 2.75) is 31.8 Å². The molecule has 0 bridgehead atoms. The van der Waals surface area contributed by atoms with Crippen molar-refractivity contribution in [2.75, 3.05) is 11.4 Å². The fourth-order valence-electron chi connectivity index (χ4n) is 2.56. The van der Waals surface area contributed by atoms with E-state index in [1.54, 1.807) is 6.26 Å². The van der Waals surface area contributed by atoms with Gasteiger partial charge in [-0.05, 0) is 61.7 Å². The highest BCUT2D eigenvalue weighted by atomic mass is 79.9. The van der Waals surface area contributed by atoms with Gasteiger partial charge in [-0.25, -0.2) is 0 Å². The Balaban J connectivity index is 1.90. The summed E-state index contributed by atoms with van der Waals surface area (Å²) in [7, 11) is 0. The Hall–Kier alpha value is -1.26. The first-order valence-electron chi connectivity index (χ1n) is 7.05. The van der Waals surface area contributed by atoms with Crippen LogP contribution in [0.1, 0.15) is 24.2 Å².